The number of carbonyl (C=O) groups is 1. The third-order valence-electron chi connectivity index (χ3n) is 3.65. The van der Waals surface area contributed by atoms with Crippen molar-refractivity contribution < 1.29 is 9.72 Å². The number of anilines is 1. The van der Waals surface area contributed by atoms with Gasteiger partial charge in [-0.05, 0) is 36.2 Å². The number of hydrogen-bond acceptors (Lipinski definition) is 4. The summed E-state index contributed by atoms with van der Waals surface area (Å²) in [5.41, 5.74) is 2.63. The molecule has 1 atom stereocenters. The largest absolute Gasteiger partial charge is 0.295 e. The molecule has 1 aliphatic heterocycles. The van der Waals surface area contributed by atoms with Crippen LogP contribution in [0.1, 0.15) is 16.5 Å². The van der Waals surface area contributed by atoms with Crippen LogP contribution in [0.25, 0.3) is 0 Å². The number of non-ortho nitro benzene ring substituents is 1. The molecule has 0 aromatic heterocycles. The number of thioether (sulfide) groups is 1. The monoisotopic (exact) mass is 392 g/mol. The molecule has 0 radical (unpaired) electrons. The predicted octanol–water partition coefficient (Wildman–Crippen LogP) is 4.44. The third-order valence-corrected chi connectivity index (χ3v) is 5.76. The second kappa shape index (κ2) is 6.33. The van der Waals surface area contributed by atoms with Gasteiger partial charge in [0.05, 0.1) is 10.7 Å². The molecule has 0 aliphatic carbocycles. The molecule has 2 aromatic rings. The maximum Gasteiger partial charge on any atom is 0.269 e. The lowest BCUT2D eigenvalue weighted by Gasteiger charge is -2.24. The van der Waals surface area contributed by atoms with Crippen molar-refractivity contribution in [1.29, 1.82) is 0 Å². The Balaban J connectivity index is 2.01. The molecule has 0 N–H and O–H groups in total. The predicted molar refractivity (Wildman–Crippen MR) is 94.7 cm³/mol. The molecule has 1 fully saturated rings. The lowest BCUT2D eigenvalue weighted by atomic mass is 10.1. The first-order valence-corrected chi connectivity index (χ1v) is 8.76. The molecule has 1 saturated heterocycles. The minimum Gasteiger partial charge on any atom is -0.295 e. The van der Waals surface area contributed by atoms with E-state index in [2.05, 4.69) is 15.9 Å². The zero-order valence-electron chi connectivity index (χ0n) is 12.2. The van der Waals surface area contributed by atoms with Crippen LogP contribution in [0.3, 0.4) is 0 Å². The normalized spacial score (nSPS) is 17.6. The van der Waals surface area contributed by atoms with E-state index in [0.29, 0.717) is 5.75 Å². The second-order valence-corrected chi connectivity index (χ2v) is 7.14. The van der Waals surface area contributed by atoms with Crippen molar-refractivity contribution in [3.8, 4) is 0 Å². The third kappa shape index (κ3) is 3.11. The molecule has 1 heterocycles. The standard InChI is InChI=1S/C16H13BrN2O3S/c1-10-7-12(5-6-14(10)17)18-15(20)9-23-16(18)11-3-2-4-13(8-11)19(21)22/h2-8,16H,9H2,1H3/t16-/m0/s1. The van der Waals surface area contributed by atoms with E-state index in [0.717, 1.165) is 21.3 Å². The highest BCUT2D eigenvalue weighted by Crippen LogP contribution is 2.43. The van der Waals surface area contributed by atoms with E-state index in [9.17, 15) is 14.9 Å². The number of nitrogens with zero attached hydrogens (tertiary/aromatic N) is 2. The molecule has 3 rings (SSSR count). The van der Waals surface area contributed by atoms with Gasteiger partial charge in [-0.25, -0.2) is 0 Å². The highest BCUT2D eigenvalue weighted by molar-refractivity contribution is 9.10. The molecule has 5 nitrogen and oxygen atoms in total. The molecule has 0 unspecified atom stereocenters. The number of halogens is 1. The minimum atomic E-state index is -0.418. The fourth-order valence-corrected chi connectivity index (χ4v) is 3.93. The zero-order valence-corrected chi connectivity index (χ0v) is 14.6. The zero-order chi connectivity index (χ0) is 16.6. The summed E-state index contributed by atoms with van der Waals surface area (Å²) in [5, 5.41) is 10.7. The van der Waals surface area contributed by atoms with Crippen molar-refractivity contribution in [2.45, 2.75) is 12.3 Å². The van der Waals surface area contributed by atoms with Crippen LogP contribution in [-0.2, 0) is 4.79 Å². The van der Waals surface area contributed by atoms with Gasteiger partial charge in [-0.1, -0.05) is 28.1 Å². The Bertz CT molecular complexity index is 797. The Hall–Kier alpha value is -1.86. The van der Waals surface area contributed by atoms with Gasteiger partial charge in [-0.3, -0.25) is 19.8 Å². The number of amides is 1. The lowest BCUT2D eigenvalue weighted by Crippen LogP contribution is -2.27. The molecule has 1 aliphatic rings. The highest BCUT2D eigenvalue weighted by Gasteiger charge is 2.34. The quantitative estimate of drug-likeness (QED) is 0.571. The highest BCUT2D eigenvalue weighted by atomic mass is 79.9. The van der Waals surface area contributed by atoms with Crippen LogP contribution in [-0.4, -0.2) is 16.6 Å². The molecule has 0 saturated carbocycles. The summed E-state index contributed by atoms with van der Waals surface area (Å²) in [5.74, 6) is 0.371. The van der Waals surface area contributed by atoms with Crippen LogP contribution in [0.15, 0.2) is 46.9 Å². The van der Waals surface area contributed by atoms with Crippen LogP contribution < -0.4 is 4.90 Å². The lowest BCUT2D eigenvalue weighted by molar-refractivity contribution is -0.384. The van der Waals surface area contributed by atoms with Crippen molar-refractivity contribution in [1.82, 2.24) is 0 Å². The Kier molecular flexibility index (Phi) is 4.41. The molecule has 0 spiro atoms. The Morgan fingerprint density at radius 3 is 2.78 bits per heavy atom. The van der Waals surface area contributed by atoms with Crippen molar-refractivity contribution in [3.63, 3.8) is 0 Å². The molecule has 0 bridgehead atoms. The van der Waals surface area contributed by atoms with E-state index in [1.807, 2.05) is 31.2 Å². The number of aryl methyl sites for hydroxylation is 1. The molecule has 1 amide bonds. The van der Waals surface area contributed by atoms with E-state index < -0.39 is 4.92 Å². The number of hydrogen-bond donors (Lipinski definition) is 0. The van der Waals surface area contributed by atoms with Crippen molar-refractivity contribution in [2.75, 3.05) is 10.7 Å². The smallest absolute Gasteiger partial charge is 0.269 e. The van der Waals surface area contributed by atoms with Crippen LogP contribution in [0.4, 0.5) is 11.4 Å². The number of benzene rings is 2. The summed E-state index contributed by atoms with van der Waals surface area (Å²) in [4.78, 5) is 24.6. The summed E-state index contributed by atoms with van der Waals surface area (Å²) >= 11 is 4.93. The van der Waals surface area contributed by atoms with Crippen LogP contribution in [0, 0.1) is 17.0 Å². The van der Waals surface area contributed by atoms with Crippen LogP contribution in [0.5, 0.6) is 0 Å². The summed E-state index contributed by atoms with van der Waals surface area (Å²) in [7, 11) is 0. The number of nitro groups is 1. The average Bonchev–Trinajstić information content (AvgIpc) is 2.92. The molecular formula is C16H13BrN2O3S. The fraction of sp³-hybridized carbons (Fsp3) is 0.188. The van der Waals surface area contributed by atoms with Crippen molar-refractivity contribution in [3.05, 3.63) is 68.2 Å². The van der Waals surface area contributed by atoms with Gasteiger partial charge >= 0.3 is 0 Å². The van der Waals surface area contributed by atoms with Gasteiger partial charge < -0.3 is 0 Å². The summed E-state index contributed by atoms with van der Waals surface area (Å²) in [6.45, 7) is 1.96. The van der Waals surface area contributed by atoms with E-state index in [1.54, 1.807) is 11.0 Å². The Morgan fingerprint density at radius 1 is 1.30 bits per heavy atom. The number of rotatable bonds is 3. The Labute approximate surface area is 146 Å². The van der Waals surface area contributed by atoms with Gasteiger partial charge in [0.2, 0.25) is 5.91 Å². The molecule has 118 valence electrons. The Morgan fingerprint density at radius 2 is 2.09 bits per heavy atom. The van der Waals surface area contributed by atoms with Gasteiger partial charge in [-0.15, -0.1) is 11.8 Å². The molecule has 2 aromatic carbocycles. The average molecular weight is 393 g/mol. The summed E-state index contributed by atoms with van der Waals surface area (Å²) in [6, 6.07) is 12.2. The first kappa shape index (κ1) is 16.0. The first-order chi connectivity index (χ1) is 11.0. The summed E-state index contributed by atoms with van der Waals surface area (Å²) < 4.78 is 0.979. The van der Waals surface area contributed by atoms with Crippen molar-refractivity contribution in [2.24, 2.45) is 0 Å². The van der Waals surface area contributed by atoms with E-state index in [1.165, 1.54) is 23.9 Å². The van der Waals surface area contributed by atoms with Gasteiger partial charge in [0.1, 0.15) is 5.37 Å². The van der Waals surface area contributed by atoms with Gasteiger partial charge in [0.25, 0.3) is 5.69 Å². The van der Waals surface area contributed by atoms with E-state index in [4.69, 9.17) is 0 Å². The van der Waals surface area contributed by atoms with Crippen molar-refractivity contribution >= 4 is 45.0 Å². The topological polar surface area (TPSA) is 63.5 Å². The molecule has 23 heavy (non-hydrogen) atoms. The van der Waals surface area contributed by atoms with Gasteiger partial charge in [0.15, 0.2) is 0 Å². The molecular weight excluding hydrogens is 380 g/mol. The SMILES string of the molecule is Cc1cc(N2C(=O)CS[C@H]2c2cccc([N+](=O)[O-])c2)ccc1Br. The van der Waals surface area contributed by atoms with Gasteiger partial charge in [-0.2, -0.15) is 0 Å². The second-order valence-electron chi connectivity index (χ2n) is 5.21. The minimum absolute atomic E-state index is 0.00762. The van der Waals surface area contributed by atoms with Crippen LogP contribution >= 0.6 is 27.7 Å². The molecule has 7 heteroatoms. The van der Waals surface area contributed by atoms with E-state index >= 15 is 0 Å². The fourth-order valence-electron chi connectivity index (χ4n) is 2.52. The number of nitro benzene ring substituents is 1. The first-order valence-electron chi connectivity index (χ1n) is 6.91. The maximum absolute atomic E-state index is 12.3. The van der Waals surface area contributed by atoms with Gasteiger partial charge in [0, 0.05) is 22.3 Å². The van der Waals surface area contributed by atoms with E-state index in [-0.39, 0.29) is 17.0 Å². The maximum atomic E-state index is 12.3. The van der Waals surface area contributed by atoms with Crippen LogP contribution in [0.2, 0.25) is 0 Å². The number of carbonyl (C=O) groups excluding carboxylic acids is 1. The summed E-state index contributed by atoms with van der Waals surface area (Å²) in [6.07, 6.45) is 0.